The van der Waals surface area contributed by atoms with Crippen molar-refractivity contribution in [2.45, 2.75) is 13.3 Å². The monoisotopic (exact) mass is 514 g/mol. The number of anilines is 2. The van der Waals surface area contributed by atoms with Gasteiger partial charge in [-0.15, -0.1) is 0 Å². The molecule has 2 aliphatic heterocycles. The van der Waals surface area contributed by atoms with Gasteiger partial charge in [-0.1, -0.05) is 42.0 Å². The van der Waals surface area contributed by atoms with E-state index >= 15 is 4.39 Å². The topological polar surface area (TPSA) is 65.9 Å². The summed E-state index contributed by atoms with van der Waals surface area (Å²) < 4.78 is 36.0. The van der Waals surface area contributed by atoms with Crippen LogP contribution in [0, 0.1) is 11.6 Å². The minimum absolute atomic E-state index is 0.133. The third-order valence-electron chi connectivity index (χ3n) is 7.00. The minimum atomic E-state index is -0.775. The SMILES string of the molecule is CC1=Cc2c(cc(F)c(Oc3nc(NC4=NCC(c5ccccc5)=C4)cc(N4CCN(C)CC4)n3)c2F)C1. The summed E-state index contributed by atoms with van der Waals surface area (Å²) in [4.78, 5) is 17.9. The number of nitrogens with zero attached hydrogens (tertiary/aromatic N) is 5. The molecule has 1 aliphatic carbocycles. The van der Waals surface area contributed by atoms with E-state index in [1.165, 1.54) is 6.07 Å². The van der Waals surface area contributed by atoms with Crippen LogP contribution in [0.4, 0.5) is 20.4 Å². The number of hydrogen-bond donors (Lipinski definition) is 1. The Hall–Kier alpha value is -4.11. The van der Waals surface area contributed by atoms with E-state index in [2.05, 4.69) is 37.1 Å². The van der Waals surface area contributed by atoms with Gasteiger partial charge in [-0.3, -0.25) is 4.99 Å². The van der Waals surface area contributed by atoms with Crippen LogP contribution in [0.3, 0.4) is 0 Å². The van der Waals surface area contributed by atoms with Crippen molar-refractivity contribution in [3.63, 3.8) is 0 Å². The van der Waals surface area contributed by atoms with Crippen molar-refractivity contribution in [2.75, 3.05) is 50.0 Å². The number of hydrogen-bond acceptors (Lipinski definition) is 7. The average molecular weight is 515 g/mol. The van der Waals surface area contributed by atoms with E-state index in [-0.39, 0.29) is 6.01 Å². The fourth-order valence-electron chi connectivity index (χ4n) is 4.93. The summed E-state index contributed by atoms with van der Waals surface area (Å²) in [5.74, 6) is -0.312. The summed E-state index contributed by atoms with van der Waals surface area (Å²) in [5, 5.41) is 3.24. The van der Waals surface area contributed by atoms with E-state index < -0.39 is 17.4 Å². The third kappa shape index (κ3) is 4.89. The van der Waals surface area contributed by atoms with Crippen molar-refractivity contribution in [3.8, 4) is 11.8 Å². The van der Waals surface area contributed by atoms with Crippen LogP contribution < -0.4 is 15.0 Å². The molecule has 1 aromatic heterocycles. The first-order valence-corrected chi connectivity index (χ1v) is 12.7. The maximum absolute atomic E-state index is 15.3. The molecule has 38 heavy (non-hydrogen) atoms. The van der Waals surface area contributed by atoms with Crippen molar-refractivity contribution >= 4 is 29.1 Å². The molecule has 3 heterocycles. The molecule has 0 radical (unpaired) electrons. The van der Waals surface area contributed by atoms with Crippen LogP contribution in [0.1, 0.15) is 23.6 Å². The number of piperazine rings is 1. The molecule has 1 fully saturated rings. The molecule has 2 aromatic carbocycles. The van der Waals surface area contributed by atoms with E-state index in [9.17, 15) is 4.39 Å². The predicted octanol–water partition coefficient (Wildman–Crippen LogP) is 5.17. The van der Waals surface area contributed by atoms with Gasteiger partial charge in [0.1, 0.15) is 17.5 Å². The number of aliphatic imine (C=N–C) groups is 1. The van der Waals surface area contributed by atoms with Gasteiger partial charge >= 0.3 is 6.01 Å². The van der Waals surface area contributed by atoms with E-state index in [0.29, 0.717) is 41.6 Å². The fraction of sp³-hybridized carbons (Fsp3) is 0.276. The first-order valence-electron chi connectivity index (χ1n) is 12.7. The highest BCUT2D eigenvalue weighted by Crippen LogP contribution is 2.36. The Morgan fingerprint density at radius 3 is 2.55 bits per heavy atom. The Balaban J connectivity index is 1.32. The summed E-state index contributed by atoms with van der Waals surface area (Å²) in [5.41, 5.74) is 4.12. The van der Waals surface area contributed by atoms with E-state index in [0.717, 1.165) is 42.9 Å². The van der Waals surface area contributed by atoms with Crippen molar-refractivity contribution < 1.29 is 13.5 Å². The highest BCUT2D eigenvalue weighted by atomic mass is 19.1. The number of rotatable bonds is 5. The van der Waals surface area contributed by atoms with Gasteiger partial charge in [0.25, 0.3) is 0 Å². The minimum Gasteiger partial charge on any atom is -0.418 e. The standard InChI is InChI=1S/C29H28F2N6O/c1-18-12-20-14-23(30)28(27(31)22(20)13-18)38-29-34-25(16-26(35-29)37-10-8-36(2)9-11-37)33-24-15-21(17-32-24)19-6-4-3-5-7-19/h3-7,13-16H,8-12,17H2,1-2H3,(H,32,33,34,35). The zero-order valence-corrected chi connectivity index (χ0v) is 21.3. The Morgan fingerprint density at radius 1 is 0.974 bits per heavy atom. The van der Waals surface area contributed by atoms with Gasteiger partial charge in [0.15, 0.2) is 11.6 Å². The van der Waals surface area contributed by atoms with E-state index in [1.807, 2.05) is 49.4 Å². The number of fused-ring (bicyclic) bond motifs is 1. The number of nitrogens with one attached hydrogen (secondary N) is 1. The molecule has 0 bridgehead atoms. The third-order valence-corrected chi connectivity index (χ3v) is 7.00. The lowest BCUT2D eigenvalue weighted by Gasteiger charge is -2.33. The van der Waals surface area contributed by atoms with Crippen LogP contribution in [0.2, 0.25) is 0 Å². The van der Waals surface area contributed by atoms with Crippen molar-refractivity contribution in [3.05, 3.63) is 82.4 Å². The first-order chi connectivity index (χ1) is 18.4. The first kappa shape index (κ1) is 24.2. The van der Waals surface area contributed by atoms with Gasteiger partial charge < -0.3 is 19.9 Å². The Labute approximate surface area is 220 Å². The summed E-state index contributed by atoms with van der Waals surface area (Å²) >= 11 is 0. The summed E-state index contributed by atoms with van der Waals surface area (Å²) in [6, 6.07) is 13.1. The Kier molecular flexibility index (Phi) is 6.37. The molecule has 0 saturated carbocycles. The fourth-order valence-corrected chi connectivity index (χ4v) is 4.93. The number of aromatic nitrogens is 2. The number of amidine groups is 1. The van der Waals surface area contributed by atoms with Gasteiger partial charge in [-0.25, -0.2) is 8.78 Å². The van der Waals surface area contributed by atoms with E-state index in [1.54, 1.807) is 6.08 Å². The molecule has 194 valence electrons. The maximum Gasteiger partial charge on any atom is 0.326 e. The summed E-state index contributed by atoms with van der Waals surface area (Å²) in [6.07, 6.45) is 4.22. The smallest absolute Gasteiger partial charge is 0.326 e. The van der Waals surface area contributed by atoms with Gasteiger partial charge in [-0.2, -0.15) is 9.97 Å². The van der Waals surface area contributed by atoms with E-state index in [4.69, 9.17) is 4.74 Å². The van der Waals surface area contributed by atoms with Crippen LogP contribution >= 0.6 is 0 Å². The largest absolute Gasteiger partial charge is 0.418 e. The van der Waals surface area contributed by atoms with Crippen LogP contribution in [-0.4, -0.2) is 60.5 Å². The van der Waals surface area contributed by atoms with Crippen molar-refractivity contribution in [2.24, 2.45) is 4.99 Å². The molecule has 3 aromatic rings. The lowest BCUT2D eigenvalue weighted by Crippen LogP contribution is -2.44. The zero-order chi connectivity index (χ0) is 26.2. The second-order valence-electron chi connectivity index (χ2n) is 9.89. The molecule has 3 aliphatic rings. The second kappa shape index (κ2) is 9.98. The number of benzene rings is 2. The molecular formula is C29H28F2N6O. The van der Waals surface area contributed by atoms with Crippen molar-refractivity contribution in [1.29, 1.82) is 0 Å². The zero-order valence-electron chi connectivity index (χ0n) is 21.3. The highest BCUT2D eigenvalue weighted by Gasteiger charge is 2.25. The van der Waals surface area contributed by atoms with Gasteiger partial charge in [0.05, 0.1) is 6.54 Å². The van der Waals surface area contributed by atoms with Crippen LogP contribution in [0.5, 0.6) is 11.8 Å². The average Bonchev–Trinajstić information content (AvgIpc) is 3.53. The molecule has 0 unspecified atom stereocenters. The molecule has 0 atom stereocenters. The van der Waals surface area contributed by atoms with Crippen LogP contribution in [0.15, 0.2) is 59.1 Å². The van der Waals surface area contributed by atoms with Gasteiger partial charge in [0, 0.05) is 37.8 Å². The molecular weight excluding hydrogens is 486 g/mol. The Morgan fingerprint density at radius 2 is 1.76 bits per heavy atom. The number of allylic oxidation sites excluding steroid dienone is 1. The second-order valence-corrected chi connectivity index (χ2v) is 9.89. The van der Waals surface area contributed by atoms with Gasteiger partial charge in [-0.05, 0) is 49.2 Å². The molecule has 6 rings (SSSR count). The van der Waals surface area contributed by atoms with Crippen molar-refractivity contribution in [1.82, 2.24) is 14.9 Å². The molecule has 1 N–H and O–H groups in total. The molecule has 0 amide bonds. The van der Waals surface area contributed by atoms with Gasteiger partial charge in [0.2, 0.25) is 5.75 Å². The quantitative estimate of drug-likeness (QED) is 0.507. The predicted molar refractivity (Wildman–Crippen MR) is 146 cm³/mol. The molecule has 7 nitrogen and oxygen atoms in total. The number of halogens is 2. The summed E-state index contributed by atoms with van der Waals surface area (Å²) in [6.45, 7) is 5.71. The van der Waals surface area contributed by atoms with Crippen LogP contribution in [-0.2, 0) is 6.42 Å². The van der Waals surface area contributed by atoms with Crippen LogP contribution in [0.25, 0.3) is 11.6 Å². The highest BCUT2D eigenvalue weighted by molar-refractivity contribution is 6.10. The number of likely N-dealkylation sites (N-methyl/N-ethyl adjacent to an activating group) is 1. The number of ether oxygens (including phenoxy) is 1. The maximum atomic E-state index is 15.3. The summed E-state index contributed by atoms with van der Waals surface area (Å²) in [7, 11) is 2.07. The molecule has 0 spiro atoms. The molecule has 9 heteroatoms. The molecule has 1 saturated heterocycles. The Bertz CT molecular complexity index is 1480. The lowest BCUT2D eigenvalue weighted by atomic mass is 10.1. The normalized spacial score (nSPS) is 17.2. The lowest BCUT2D eigenvalue weighted by molar-refractivity contribution is 0.311.